The van der Waals surface area contributed by atoms with E-state index in [2.05, 4.69) is 38.3 Å². The van der Waals surface area contributed by atoms with E-state index in [1.165, 1.54) is 37.9 Å². The normalized spacial score (nSPS) is 24.3. The Kier molecular flexibility index (Phi) is 5.28. The zero-order valence-electron chi connectivity index (χ0n) is 17.5. The zero-order chi connectivity index (χ0) is 20.7. The smallest absolute Gasteiger partial charge is 0.223 e. The van der Waals surface area contributed by atoms with Gasteiger partial charge in [-0.3, -0.25) is 4.90 Å². The van der Waals surface area contributed by atoms with Crippen LogP contribution in [0.25, 0.3) is 10.9 Å². The van der Waals surface area contributed by atoms with E-state index in [-0.39, 0.29) is 6.04 Å². The van der Waals surface area contributed by atoms with E-state index in [4.69, 9.17) is 4.98 Å². The van der Waals surface area contributed by atoms with Crippen LogP contribution in [0.15, 0.2) is 24.4 Å². The van der Waals surface area contributed by atoms with Crippen LogP contribution in [0.4, 0.5) is 11.6 Å². The molecule has 5 rings (SSSR count). The van der Waals surface area contributed by atoms with Crippen molar-refractivity contribution in [2.24, 2.45) is 0 Å². The minimum Gasteiger partial charge on any atom is -0.368 e. The Morgan fingerprint density at radius 3 is 2.57 bits per heavy atom. The molecule has 9 heteroatoms. The monoisotopic (exact) mass is 430 g/mol. The van der Waals surface area contributed by atoms with Gasteiger partial charge in [0.1, 0.15) is 0 Å². The van der Waals surface area contributed by atoms with E-state index in [1.54, 1.807) is 4.31 Å². The number of nitrogens with one attached hydrogen (secondary N) is 1. The number of hydrogen-bond acceptors (Lipinski definition) is 7. The molecule has 162 valence electrons. The summed E-state index contributed by atoms with van der Waals surface area (Å²) in [4.78, 5) is 14.5. The molecule has 0 saturated carbocycles. The van der Waals surface area contributed by atoms with Crippen LogP contribution >= 0.6 is 0 Å². The van der Waals surface area contributed by atoms with Gasteiger partial charge in [-0.2, -0.15) is 0 Å². The molecule has 3 aliphatic heterocycles. The van der Waals surface area contributed by atoms with Crippen molar-refractivity contribution in [3.05, 3.63) is 24.4 Å². The molecule has 8 nitrogen and oxygen atoms in total. The summed E-state index contributed by atoms with van der Waals surface area (Å²) < 4.78 is 25.0. The second kappa shape index (κ2) is 7.94. The highest BCUT2D eigenvalue weighted by Crippen LogP contribution is 2.31. The van der Waals surface area contributed by atoms with E-state index in [1.807, 2.05) is 6.20 Å². The predicted molar refractivity (Wildman–Crippen MR) is 119 cm³/mol. The van der Waals surface area contributed by atoms with E-state index >= 15 is 0 Å². The number of para-hydroxylation sites is 1. The number of anilines is 2. The van der Waals surface area contributed by atoms with Crippen LogP contribution in [0.5, 0.6) is 0 Å². The molecule has 0 aliphatic carbocycles. The van der Waals surface area contributed by atoms with Crippen molar-refractivity contribution in [3.8, 4) is 0 Å². The van der Waals surface area contributed by atoms with Crippen molar-refractivity contribution in [1.82, 2.24) is 19.2 Å². The Hall–Kier alpha value is -1.97. The van der Waals surface area contributed by atoms with Crippen molar-refractivity contribution >= 4 is 32.6 Å². The van der Waals surface area contributed by atoms with E-state index in [0.717, 1.165) is 36.8 Å². The molecule has 1 unspecified atom stereocenters. The first-order chi connectivity index (χ1) is 14.5. The van der Waals surface area contributed by atoms with Gasteiger partial charge in [0.25, 0.3) is 0 Å². The average molecular weight is 431 g/mol. The summed E-state index contributed by atoms with van der Waals surface area (Å²) in [7, 11) is -3.11. The fraction of sp³-hybridized carbons (Fsp3) is 0.619. The Bertz CT molecular complexity index is 1020. The molecule has 1 aromatic carbocycles. The topological polar surface area (TPSA) is 81.7 Å². The molecule has 0 bridgehead atoms. The largest absolute Gasteiger partial charge is 0.368 e. The minimum atomic E-state index is -3.11. The van der Waals surface area contributed by atoms with Gasteiger partial charge in [-0.05, 0) is 44.8 Å². The summed E-state index contributed by atoms with van der Waals surface area (Å²) in [5.41, 5.74) is 2.18. The maximum absolute atomic E-state index is 11.7. The fourth-order valence-corrected chi connectivity index (χ4v) is 5.72. The van der Waals surface area contributed by atoms with Crippen LogP contribution in [0.1, 0.15) is 25.7 Å². The third-order valence-corrected chi connectivity index (χ3v) is 8.06. The average Bonchev–Trinajstić information content (AvgIpc) is 3.15. The molecule has 30 heavy (non-hydrogen) atoms. The van der Waals surface area contributed by atoms with Crippen LogP contribution in [0, 0.1) is 0 Å². The number of rotatable bonds is 5. The predicted octanol–water partition coefficient (Wildman–Crippen LogP) is 1.75. The standard InChI is InChI=1S/C21H30N6O2S/c1-30(28,29)27-12-6-17(7-13-27)23-21-22-14-16-4-2-5-19(20(16)24-21)26-11-8-18(15-26)25-9-3-10-25/h2,4-5,14,17-18H,3,6-13,15H2,1H3,(H,22,23,24). The van der Waals surface area contributed by atoms with Crippen LogP contribution in [0.3, 0.4) is 0 Å². The SMILES string of the molecule is CS(=O)(=O)N1CCC(Nc2ncc3cccc(N4CCC(N5CCC5)C4)c3n2)CC1. The lowest BCUT2D eigenvalue weighted by Gasteiger charge is -2.36. The lowest BCUT2D eigenvalue weighted by molar-refractivity contribution is 0.129. The summed E-state index contributed by atoms with van der Waals surface area (Å²) in [6.45, 7) is 5.69. The molecule has 4 heterocycles. The third-order valence-electron chi connectivity index (χ3n) is 6.76. The van der Waals surface area contributed by atoms with Crippen molar-refractivity contribution in [1.29, 1.82) is 0 Å². The fourth-order valence-electron chi connectivity index (χ4n) is 4.84. The Balaban J connectivity index is 1.31. The first kappa shape index (κ1) is 20.0. The van der Waals surface area contributed by atoms with E-state index < -0.39 is 10.0 Å². The number of likely N-dealkylation sites (tertiary alicyclic amines) is 1. The first-order valence-corrected chi connectivity index (χ1v) is 12.8. The molecule has 3 aliphatic rings. The number of hydrogen-bond donors (Lipinski definition) is 1. The van der Waals surface area contributed by atoms with E-state index in [0.29, 0.717) is 25.1 Å². The van der Waals surface area contributed by atoms with Crippen LogP contribution in [-0.2, 0) is 10.0 Å². The van der Waals surface area contributed by atoms with E-state index in [9.17, 15) is 8.42 Å². The molecule has 1 N–H and O–H groups in total. The molecule has 0 spiro atoms. The summed E-state index contributed by atoms with van der Waals surface area (Å²) in [5, 5.41) is 4.49. The number of nitrogens with zero attached hydrogens (tertiary/aromatic N) is 5. The number of aromatic nitrogens is 2. The van der Waals surface area contributed by atoms with Crippen LogP contribution < -0.4 is 10.2 Å². The molecule has 0 amide bonds. The number of piperidine rings is 1. The second-order valence-corrected chi connectivity index (χ2v) is 10.7. The van der Waals surface area contributed by atoms with Gasteiger partial charge in [0.2, 0.25) is 16.0 Å². The molecular weight excluding hydrogens is 400 g/mol. The number of sulfonamides is 1. The maximum atomic E-state index is 11.7. The highest BCUT2D eigenvalue weighted by molar-refractivity contribution is 7.88. The Morgan fingerprint density at radius 2 is 1.87 bits per heavy atom. The molecule has 3 saturated heterocycles. The molecule has 3 fully saturated rings. The minimum absolute atomic E-state index is 0.190. The van der Waals surface area contributed by atoms with Crippen LogP contribution in [0.2, 0.25) is 0 Å². The molecular formula is C21H30N6O2S. The van der Waals surface area contributed by atoms with Gasteiger partial charge >= 0.3 is 0 Å². The number of benzene rings is 1. The van der Waals surface area contributed by atoms with Gasteiger partial charge < -0.3 is 10.2 Å². The van der Waals surface area contributed by atoms with Gasteiger partial charge in [-0.15, -0.1) is 0 Å². The van der Waals surface area contributed by atoms with Gasteiger partial charge in [0, 0.05) is 49.8 Å². The quantitative estimate of drug-likeness (QED) is 0.774. The number of fused-ring (bicyclic) bond motifs is 1. The van der Waals surface area contributed by atoms with Crippen molar-refractivity contribution in [3.63, 3.8) is 0 Å². The molecule has 2 aromatic rings. The van der Waals surface area contributed by atoms with Gasteiger partial charge in [0.15, 0.2) is 0 Å². The summed E-state index contributed by atoms with van der Waals surface area (Å²) in [6.07, 6.45) is 7.24. The van der Waals surface area contributed by atoms with Crippen molar-refractivity contribution in [2.75, 3.05) is 55.7 Å². The summed E-state index contributed by atoms with van der Waals surface area (Å²) in [6, 6.07) is 7.17. The summed E-state index contributed by atoms with van der Waals surface area (Å²) in [5.74, 6) is 0.631. The van der Waals surface area contributed by atoms with Gasteiger partial charge in [-0.1, -0.05) is 12.1 Å². The highest BCUT2D eigenvalue weighted by Gasteiger charge is 2.31. The molecule has 0 radical (unpaired) electrons. The van der Waals surface area contributed by atoms with Gasteiger partial charge in [0.05, 0.1) is 17.5 Å². The summed E-state index contributed by atoms with van der Waals surface area (Å²) >= 11 is 0. The van der Waals surface area contributed by atoms with Crippen molar-refractivity contribution < 1.29 is 8.42 Å². The maximum Gasteiger partial charge on any atom is 0.223 e. The van der Waals surface area contributed by atoms with Gasteiger partial charge in [-0.25, -0.2) is 22.7 Å². The molecule has 1 aromatic heterocycles. The van der Waals surface area contributed by atoms with Crippen molar-refractivity contribution in [2.45, 2.75) is 37.8 Å². The Morgan fingerprint density at radius 1 is 1.07 bits per heavy atom. The molecule has 1 atom stereocenters. The lowest BCUT2D eigenvalue weighted by atomic mass is 10.1. The zero-order valence-corrected chi connectivity index (χ0v) is 18.3. The van der Waals surface area contributed by atoms with Crippen LogP contribution in [-0.4, -0.2) is 85.2 Å². The highest BCUT2D eigenvalue weighted by atomic mass is 32.2. The third kappa shape index (κ3) is 3.98. The second-order valence-electron chi connectivity index (χ2n) is 8.77. The lowest BCUT2D eigenvalue weighted by Crippen LogP contribution is -2.46. The first-order valence-electron chi connectivity index (χ1n) is 10.9. The Labute approximate surface area is 178 Å².